The molecule has 0 aliphatic heterocycles. The van der Waals surface area contributed by atoms with E-state index in [1.165, 1.54) is 19.3 Å². The normalized spacial score (nSPS) is 28.4. The predicted octanol–water partition coefficient (Wildman–Crippen LogP) is 4.04. The summed E-state index contributed by atoms with van der Waals surface area (Å²) in [5.41, 5.74) is 3.22. The highest BCUT2D eigenvalue weighted by Gasteiger charge is 2.54. The third kappa shape index (κ3) is 2.35. The van der Waals surface area contributed by atoms with Crippen LogP contribution in [0.2, 0.25) is 0 Å². The van der Waals surface area contributed by atoms with E-state index in [0.717, 1.165) is 28.7 Å². The Kier molecular flexibility index (Phi) is 3.26. The van der Waals surface area contributed by atoms with E-state index in [0.29, 0.717) is 17.8 Å². The van der Waals surface area contributed by atoms with Gasteiger partial charge in [0, 0.05) is 12.6 Å². The molecule has 23 heavy (non-hydrogen) atoms. The zero-order chi connectivity index (χ0) is 16.2. The second-order valence-electron chi connectivity index (χ2n) is 7.99. The number of hydrogen-bond acceptors (Lipinski definition) is 2. The molecule has 2 aromatic heterocycles. The van der Waals surface area contributed by atoms with Gasteiger partial charge in [0.15, 0.2) is 0 Å². The van der Waals surface area contributed by atoms with Gasteiger partial charge in [-0.15, -0.1) is 0 Å². The first kappa shape index (κ1) is 14.7. The number of fused-ring (bicyclic) bond motifs is 3. The molecule has 3 aliphatic carbocycles. The molecule has 0 saturated heterocycles. The summed E-state index contributed by atoms with van der Waals surface area (Å²) in [6.45, 7) is 6.73. The number of carbonyl (C=O) groups is 1. The fraction of sp³-hybridized carbons (Fsp3) is 0.579. The molecule has 2 bridgehead atoms. The maximum Gasteiger partial charge on any atom is 0.224 e. The first-order chi connectivity index (χ1) is 10.9. The molecule has 1 N–H and O–H groups in total. The SMILES string of the molecule is Cc1cc2c(NC(=O)C[C@H]3CC[C@H]4C[C@@H]3C4(C)C)cccn2n1. The molecular weight excluding hydrogens is 286 g/mol. The number of aryl methyl sites for hydroxylation is 1. The number of rotatable bonds is 3. The lowest BCUT2D eigenvalue weighted by molar-refractivity contribution is -0.128. The average Bonchev–Trinajstić information content (AvgIpc) is 2.88. The summed E-state index contributed by atoms with van der Waals surface area (Å²) in [4.78, 5) is 12.6. The molecule has 0 unspecified atom stereocenters. The largest absolute Gasteiger partial charge is 0.324 e. The highest BCUT2D eigenvalue weighted by atomic mass is 16.1. The standard InChI is InChI=1S/C19H25N3O/c1-12-9-17-16(5-4-8-22(17)21-12)20-18(23)10-13-6-7-14-11-15(13)19(14,2)3/h4-5,8-9,13-15H,6-7,10-11H2,1-3H3,(H,20,23)/t13-,14+,15+/m1/s1. The second-order valence-corrected chi connectivity index (χ2v) is 7.99. The minimum absolute atomic E-state index is 0.142. The van der Waals surface area contributed by atoms with Crippen LogP contribution in [-0.2, 0) is 4.79 Å². The van der Waals surface area contributed by atoms with Crippen LogP contribution < -0.4 is 5.32 Å². The van der Waals surface area contributed by atoms with Crippen LogP contribution in [0.25, 0.3) is 5.52 Å². The molecule has 0 aromatic carbocycles. The average molecular weight is 311 g/mol. The summed E-state index contributed by atoms with van der Waals surface area (Å²) in [6.07, 6.45) is 6.38. The summed E-state index contributed by atoms with van der Waals surface area (Å²) in [5, 5.41) is 7.51. The van der Waals surface area contributed by atoms with Crippen molar-refractivity contribution < 1.29 is 4.79 Å². The maximum absolute atomic E-state index is 12.6. The third-order valence-electron chi connectivity index (χ3n) is 6.35. The molecule has 3 atom stereocenters. The van der Waals surface area contributed by atoms with Crippen molar-refractivity contribution in [1.82, 2.24) is 9.61 Å². The van der Waals surface area contributed by atoms with E-state index >= 15 is 0 Å². The van der Waals surface area contributed by atoms with Crippen molar-refractivity contribution in [2.75, 3.05) is 5.32 Å². The number of amides is 1. The van der Waals surface area contributed by atoms with Crippen molar-refractivity contribution >= 4 is 17.1 Å². The van der Waals surface area contributed by atoms with E-state index in [2.05, 4.69) is 24.3 Å². The molecule has 3 aliphatic rings. The Labute approximate surface area is 137 Å². The molecule has 3 saturated carbocycles. The molecule has 5 rings (SSSR count). The second kappa shape index (κ2) is 5.08. The Morgan fingerprint density at radius 3 is 3.00 bits per heavy atom. The van der Waals surface area contributed by atoms with Crippen molar-refractivity contribution in [2.45, 2.75) is 46.5 Å². The number of aromatic nitrogens is 2. The van der Waals surface area contributed by atoms with Crippen molar-refractivity contribution in [3.8, 4) is 0 Å². The van der Waals surface area contributed by atoms with E-state index in [1.807, 2.05) is 35.8 Å². The van der Waals surface area contributed by atoms with Gasteiger partial charge in [-0.3, -0.25) is 4.79 Å². The van der Waals surface area contributed by atoms with Crippen LogP contribution in [-0.4, -0.2) is 15.5 Å². The van der Waals surface area contributed by atoms with Crippen LogP contribution in [0.1, 0.15) is 45.2 Å². The van der Waals surface area contributed by atoms with E-state index in [1.54, 1.807) is 0 Å². The summed E-state index contributed by atoms with van der Waals surface area (Å²) >= 11 is 0. The lowest BCUT2D eigenvalue weighted by atomic mass is 9.45. The number of nitrogens with zero attached hydrogens (tertiary/aromatic N) is 2. The Balaban J connectivity index is 1.47. The Morgan fingerprint density at radius 1 is 1.43 bits per heavy atom. The summed E-state index contributed by atoms with van der Waals surface area (Å²) < 4.78 is 1.82. The summed E-state index contributed by atoms with van der Waals surface area (Å²) in [6, 6.07) is 5.89. The molecule has 0 spiro atoms. The van der Waals surface area contributed by atoms with Gasteiger partial charge in [0.05, 0.1) is 16.9 Å². The Morgan fingerprint density at radius 2 is 2.26 bits per heavy atom. The van der Waals surface area contributed by atoms with Crippen molar-refractivity contribution in [3.63, 3.8) is 0 Å². The van der Waals surface area contributed by atoms with Crippen molar-refractivity contribution in [2.24, 2.45) is 23.2 Å². The zero-order valence-corrected chi connectivity index (χ0v) is 14.2. The smallest absolute Gasteiger partial charge is 0.224 e. The number of nitrogens with one attached hydrogen (secondary N) is 1. The number of hydrogen-bond donors (Lipinski definition) is 1. The lowest BCUT2D eigenvalue weighted by Gasteiger charge is -2.60. The quantitative estimate of drug-likeness (QED) is 0.929. The van der Waals surface area contributed by atoms with Gasteiger partial charge in [-0.1, -0.05) is 13.8 Å². The first-order valence-electron chi connectivity index (χ1n) is 8.70. The van der Waals surface area contributed by atoms with Gasteiger partial charge in [0.2, 0.25) is 5.91 Å². The van der Waals surface area contributed by atoms with Gasteiger partial charge in [0.25, 0.3) is 0 Å². The van der Waals surface area contributed by atoms with Gasteiger partial charge in [-0.05, 0) is 67.6 Å². The highest BCUT2D eigenvalue weighted by Crippen LogP contribution is 2.61. The van der Waals surface area contributed by atoms with Crippen LogP contribution in [0.5, 0.6) is 0 Å². The molecule has 122 valence electrons. The minimum Gasteiger partial charge on any atom is -0.324 e. The van der Waals surface area contributed by atoms with E-state index in [-0.39, 0.29) is 5.91 Å². The van der Waals surface area contributed by atoms with Gasteiger partial charge < -0.3 is 5.32 Å². The van der Waals surface area contributed by atoms with E-state index < -0.39 is 0 Å². The van der Waals surface area contributed by atoms with Crippen molar-refractivity contribution in [3.05, 3.63) is 30.1 Å². The first-order valence-corrected chi connectivity index (χ1v) is 8.70. The van der Waals surface area contributed by atoms with Crippen LogP contribution >= 0.6 is 0 Å². The summed E-state index contributed by atoms with van der Waals surface area (Å²) in [7, 11) is 0. The van der Waals surface area contributed by atoms with Gasteiger partial charge >= 0.3 is 0 Å². The molecule has 1 amide bonds. The molecule has 0 radical (unpaired) electrons. The third-order valence-corrected chi connectivity index (χ3v) is 6.35. The number of pyridine rings is 1. The fourth-order valence-corrected chi connectivity index (χ4v) is 4.89. The minimum atomic E-state index is 0.142. The highest BCUT2D eigenvalue weighted by molar-refractivity contribution is 5.95. The number of anilines is 1. The molecule has 4 nitrogen and oxygen atoms in total. The molecule has 2 heterocycles. The van der Waals surface area contributed by atoms with Crippen LogP contribution in [0.4, 0.5) is 5.69 Å². The van der Waals surface area contributed by atoms with Gasteiger partial charge in [-0.25, -0.2) is 4.52 Å². The molecule has 3 fully saturated rings. The van der Waals surface area contributed by atoms with E-state index in [4.69, 9.17) is 0 Å². The topological polar surface area (TPSA) is 46.4 Å². The zero-order valence-electron chi connectivity index (χ0n) is 14.2. The van der Waals surface area contributed by atoms with Gasteiger partial charge in [0.1, 0.15) is 0 Å². The Hall–Kier alpha value is -1.84. The predicted molar refractivity (Wildman–Crippen MR) is 91.3 cm³/mol. The molecule has 2 aromatic rings. The Bertz CT molecular complexity index is 759. The van der Waals surface area contributed by atoms with Gasteiger partial charge in [-0.2, -0.15) is 5.10 Å². The lowest BCUT2D eigenvalue weighted by Crippen LogP contribution is -2.52. The van der Waals surface area contributed by atoms with Crippen LogP contribution in [0, 0.1) is 30.1 Å². The summed E-state index contributed by atoms with van der Waals surface area (Å²) in [5.74, 6) is 2.29. The monoisotopic (exact) mass is 311 g/mol. The van der Waals surface area contributed by atoms with Crippen molar-refractivity contribution in [1.29, 1.82) is 0 Å². The number of carbonyl (C=O) groups excluding carboxylic acids is 1. The van der Waals surface area contributed by atoms with Crippen LogP contribution in [0.15, 0.2) is 24.4 Å². The van der Waals surface area contributed by atoms with Crippen LogP contribution in [0.3, 0.4) is 0 Å². The fourth-order valence-electron chi connectivity index (χ4n) is 4.89. The van der Waals surface area contributed by atoms with E-state index in [9.17, 15) is 4.79 Å². The molecular formula is C19H25N3O. The molecule has 4 heteroatoms. The maximum atomic E-state index is 12.6.